The first-order valence-corrected chi connectivity index (χ1v) is 5.70. The maximum atomic E-state index is 13.1. The number of carbonyl (C=O) groups excluding carboxylic acids is 1. The number of amides is 1. The largest absolute Gasteiger partial charge is 0.333 e. The van der Waals surface area contributed by atoms with Gasteiger partial charge < -0.3 is 4.90 Å². The molecule has 0 saturated heterocycles. The first-order valence-electron chi connectivity index (χ1n) is 5.70. The SMILES string of the molecule is CCN(Cc1ccc(F)c(F)c1)C(=O)c1cn[nH]n1. The summed E-state index contributed by atoms with van der Waals surface area (Å²) in [6.45, 7) is 2.39. The van der Waals surface area contributed by atoms with Gasteiger partial charge in [0, 0.05) is 13.1 Å². The summed E-state index contributed by atoms with van der Waals surface area (Å²) in [6, 6.07) is 3.56. The summed E-state index contributed by atoms with van der Waals surface area (Å²) in [5, 5.41) is 9.61. The minimum Gasteiger partial charge on any atom is -0.333 e. The first-order chi connectivity index (χ1) is 9.11. The van der Waals surface area contributed by atoms with Crippen molar-refractivity contribution in [3.05, 3.63) is 47.3 Å². The highest BCUT2D eigenvalue weighted by Gasteiger charge is 2.17. The van der Waals surface area contributed by atoms with Crippen molar-refractivity contribution in [1.82, 2.24) is 20.3 Å². The molecule has 100 valence electrons. The third-order valence-electron chi connectivity index (χ3n) is 2.66. The Hall–Kier alpha value is -2.31. The lowest BCUT2D eigenvalue weighted by atomic mass is 10.2. The van der Waals surface area contributed by atoms with Crippen LogP contribution >= 0.6 is 0 Å². The van der Waals surface area contributed by atoms with E-state index < -0.39 is 11.6 Å². The van der Waals surface area contributed by atoms with Crippen molar-refractivity contribution in [2.45, 2.75) is 13.5 Å². The highest BCUT2D eigenvalue weighted by Crippen LogP contribution is 2.12. The van der Waals surface area contributed by atoms with Crippen molar-refractivity contribution in [3.8, 4) is 0 Å². The highest BCUT2D eigenvalue weighted by atomic mass is 19.2. The van der Waals surface area contributed by atoms with Crippen LogP contribution in [0.25, 0.3) is 0 Å². The number of benzene rings is 1. The molecule has 2 aromatic rings. The molecule has 0 aliphatic heterocycles. The molecule has 0 bridgehead atoms. The Balaban J connectivity index is 2.15. The number of carbonyl (C=O) groups is 1. The van der Waals surface area contributed by atoms with Crippen LogP contribution in [0.5, 0.6) is 0 Å². The van der Waals surface area contributed by atoms with Crippen molar-refractivity contribution in [3.63, 3.8) is 0 Å². The molecule has 1 aromatic carbocycles. The molecule has 1 amide bonds. The maximum Gasteiger partial charge on any atom is 0.276 e. The fourth-order valence-electron chi connectivity index (χ4n) is 1.65. The third kappa shape index (κ3) is 2.93. The van der Waals surface area contributed by atoms with E-state index >= 15 is 0 Å². The standard InChI is InChI=1S/C12H12F2N4O/c1-2-18(12(19)11-6-15-17-16-11)7-8-3-4-9(13)10(14)5-8/h3-6H,2,7H2,1H3,(H,15,16,17). The number of rotatable bonds is 4. The summed E-state index contributed by atoms with van der Waals surface area (Å²) >= 11 is 0. The number of H-pyrrole nitrogens is 1. The second-order valence-corrected chi connectivity index (χ2v) is 3.92. The summed E-state index contributed by atoms with van der Waals surface area (Å²) in [5.74, 6) is -2.15. The number of hydrogen-bond acceptors (Lipinski definition) is 3. The van der Waals surface area contributed by atoms with Gasteiger partial charge in [0.05, 0.1) is 6.20 Å². The predicted octanol–water partition coefficient (Wildman–Crippen LogP) is 1.75. The van der Waals surface area contributed by atoms with E-state index in [1.165, 1.54) is 17.2 Å². The van der Waals surface area contributed by atoms with E-state index in [-0.39, 0.29) is 18.1 Å². The van der Waals surface area contributed by atoms with E-state index in [1.807, 2.05) is 0 Å². The Morgan fingerprint density at radius 2 is 2.16 bits per heavy atom. The van der Waals surface area contributed by atoms with Crippen LogP contribution in [0.3, 0.4) is 0 Å². The van der Waals surface area contributed by atoms with E-state index in [0.29, 0.717) is 12.1 Å². The number of hydrogen-bond donors (Lipinski definition) is 1. The second-order valence-electron chi connectivity index (χ2n) is 3.92. The molecule has 0 atom stereocenters. The Labute approximate surface area is 108 Å². The van der Waals surface area contributed by atoms with Gasteiger partial charge in [0.15, 0.2) is 17.3 Å². The van der Waals surface area contributed by atoms with Crippen LogP contribution in [-0.2, 0) is 6.54 Å². The Morgan fingerprint density at radius 1 is 1.37 bits per heavy atom. The molecule has 19 heavy (non-hydrogen) atoms. The van der Waals surface area contributed by atoms with Gasteiger partial charge in [0.1, 0.15) is 0 Å². The van der Waals surface area contributed by atoms with E-state index in [0.717, 1.165) is 12.1 Å². The van der Waals surface area contributed by atoms with E-state index in [4.69, 9.17) is 0 Å². The van der Waals surface area contributed by atoms with Crippen molar-refractivity contribution >= 4 is 5.91 Å². The lowest BCUT2D eigenvalue weighted by Crippen LogP contribution is -2.30. The summed E-state index contributed by atoms with van der Waals surface area (Å²) in [7, 11) is 0. The van der Waals surface area contributed by atoms with Gasteiger partial charge in [0.25, 0.3) is 5.91 Å². The summed E-state index contributed by atoms with van der Waals surface area (Å²) in [6.07, 6.45) is 1.32. The maximum absolute atomic E-state index is 13.1. The predicted molar refractivity (Wildman–Crippen MR) is 63.2 cm³/mol. The van der Waals surface area contributed by atoms with Gasteiger partial charge in [-0.2, -0.15) is 15.4 Å². The fourth-order valence-corrected chi connectivity index (χ4v) is 1.65. The number of halogens is 2. The number of aromatic amines is 1. The van der Waals surface area contributed by atoms with E-state index in [2.05, 4.69) is 15.4 Å². The van der Waals surface area contributed by atoms with Crippen molar-refractivity contribution in [2.75, 3.05) is 6.54 Å². The summed E-state index contributed by atoms with van der Waals surface area (Å²) in [5.41, 5.74) is 0.696. The molecule has 0 unspecified atom stereocenters. The molecule has 1 heterocycles. The van der Waals surface area contributed by atoms with Crippen molar-refractivity contribution < 1.29 is 13.6 Å². The molecular weight excluding hydrogens is 254 g/mol. The van der Waals surface area contributed by atoms with Gasteiger partial charge in [-0.1, -0.05) is 6.07 Å². The number of aromatic nitrogens is 3. The molecule has 0 aliphatic rings. The Morgan fingerprint density at radius 3 is 2.74 bits per heavy atom. The van der Waals surface area contributed by atoms with Crippen LogP contribution in [0.2, 0.25) is 0 Å². The smallest absolute Gasteiger partial charge is 0.276 e. The lowest BCUT2D eigenvalue weighted by molar-refractivity contribution is 0.0746. The van der Waals surface area contributed by atoms with Gasteiger partial charge >= 0.3 is 0 Å². The molecule has 0 saturated carbocycles. The van der Waals surface area contributed by atoms with Crippen LogP contribution in [0.1, 0.15) is 23.0 Å². The van der Waals surface area contributed by atoms with Crippen LogP contribution in [0.4, 0.5) is 8.78 Å². The number of nitrogens with one attached hydrogen (secondary N) is 1. The Kier molecular flexibility index (Phi) is 3.84. The quantitative estimate of drug-likeness (QED) is 0.917. The average molecular weight is 266 g/mol. The molecule has 5 nitrogen and oxygen atoms in total. The molecular formula is C12H12F2N4O. The Bertz CT molecular complexity index is 571. The average Bonchev–Trinajstić information content (AvgIpc) is 2.93. The molecule has 0 aliphatic carbocycles. The topological polar surface area (TPSA) is 61.9 Å². The normalized spacial score (nSPS) is 10.5. The zero-order chi connectivity index (χ0) is 13.8. The third-order valence-corrected chi connectivity index (χ3v) is 2.66. The van der Waals surface area contributed by atoms with Crippen LogP contribution in [-0.4, -0.2) is 32.8 Å². The van der Waals surface area contributed by atoms with Gasteiger partial charge in [-0.15, -0.1) is 0 Å². The highest BCUT2D eigenvalue weighted by molar-refractivity contribution is 5.91. The van der Waals surface area contributed by atoms with E-state index in [9.17, 15) is 13.6 Å². The van der Waals surface area contributed by atoms with Crippen LogP contribution in [0, 0.1) is 11.6 Å². The molecule has 0 fully saturated rings. The molecule has 1 N–H and O–H groups in total. The van der Waals surface area contributed by atoms with Crippen LogP contribution < -0.4 is 0 Å². The minimum atomic E-state index is -0.928. The minimum absolute atomic E-state index is 0.180. The number of nitrogens with zero attached hydrogens (tertiary/aromatic N) is 3. The van der Waals surface area contributed by atoms with E-state index in [1.54, 1.807) is 6.92 Å². The molecule has 2 rings (SSSR count). The monoisotopic (exact) mass is 266 g/mol. The molecule has 0 spiro atoms. The first kappa shape index (κ1) is 13.1. The zero-order valence-electron chi connectivity index (χ0n) is 10.2. The molecule has 1 aromatic heterocycles. The summed E-state index contributed by atoms with van der Waals surface area (Å²) < 4.78 is 25.9. The second kappa shape index (κ2) is 5.55. The molecule has 7 heteroatoms. The van der Waals surface area contributed by atoms with Crippen molar-refractivity contribution in [2.24, 2.45) is 0 Å². The lowest BCUT2D eigenvalue weighted by Gasteiger charge is -2.19. The van der Waals surface area contributed by atoms with Gasteiger partial charge in [-0.05, 0) is 24.6 Å². The zero-order valence-corrected chi connectivity index (χ0v) is 10.2. The van der Waals surface area contributed by atoms with Gasteiger partial charge in [-0.25, -0.2) is 8.78 Å². The summed E-state index contributed by atoms with van der Waals surface area (Å²) in [4.78, 5) is 13.5. The van der Waals surface area contributed by atoms with Gasteiger partial charge in [-0.3, -0.25) is 4.79 Å². The molecule has 0 radical (unpaired) electrons. The van der Waals surface area contributed by atoms with Crippen LogP contribution in [0.15, 0.2) is 24.4 Å². The van der Waals surface area contributed by atoms with Gasteiger partial charge in [0.2, 0.25) is 0 Å². The van der Waals surface area contributed by atoms with Crippen molar-refractivity contribution in [1.29, 1.82) is 0 Å². The fraction of sp³-hybridized carbons (Fsp3) is 0.250.